The van der Waals surface area contributed by atoms with E-state index >= 15 is 0 Å². The molecule has 0 saturated carbocycles. The third-order valence-electron chi connectivity index (χ3n) is 0. The Bertz CT molecular complexity index is 27.2. The molecule has 0 amide bonds. The van der Waals surface area contributed by atoms with Gasteiger partial charge in [-0.2, -0.15) is 0 Å². The Labute approximate surface area is 50.0 Å². The molecule has 0 aromatic carbocycles. The quantitative estimate of drug-likeness (QED) is 0.288. The minimum atomic E-state index is -7.00. The SMILES string of the molecule is F[AsH](F)(F)F.[H-].[Li+]. The van der Waals surface area contributed by atoms with Gasteiger partial charge in [0.15, 0.2) is 0 Å². The van der Waals surface area contributed by atoms with Crippen molar-refractivity contribution in [2.45, 2.75) is 0 Å². The van der Waals surface area contributed by atoms with Crippen molar-refractivity contribution in [2.24, 2.45) is 0 Å². The first-order chi connectivity index (χ1) is 2.00. The molecule has 0 unspecified atom stereocenters. The van der Waals surface area contributed by atoms with Crippen molar-refractivity contribution in [1.82, 2.24) is 0 Å². The molecule has 0 heterocycles. The fourth-order valence-corrected chi connectivity index (χ4v) is 0. The molecule has 6 heteroatoms. The van der Waals surface area contributed by atoms with Crippen LogP contribution < -0.4 is 18.9 Å². The van der Waals surface area contributed by atoms with Gasteiger partial charge in [0, 0.05) is 0 Å². The molecule has 0 saturated heterocycles. The summed E-state index contributed by atoms with van der Waals surface area (Å²) in [6.45, 7) is 0. The van der Waals surface area contributed by atoms with E-state index in [-0.39, 0.29) is 20.3 Å². The van der Waals surface area contributed by atoms with E-state index in [1.54, 1.807) is 0 Å². The number of hydrogen-bond donors (Lipinski definition) is 0. The molecule has 0 atom stereocenters. The normalized spacial score (nSPS) is 12.7. The first-order valence-electron chi connectivity index (χ1n) is 0.756. The average Bonchev–Trinajstić information content (AvgIpc) is 0.722. The van der Waals surface area contributed by atoms with E-state index in [1.165, 1.54) is 0 Å². The summed E-state index contributed by atoms with van der Waals surface area (Å²) in [5, 5.41) is 0. The van der Waals surface area contributed by atoms with Crippen molar-refractivity contribution in [2.75, 3.05) is 0 Å². The third-order valence-corrected chi connectivity index (χ3v) is 0. The van der Waals surface area contributed by atoms with Crippen LogP contribution in [-0.2, 0) is 0 Å². The molecular weight excluding hydrogens is 158 g/mol. The summed E-state index contributed by atoms with van der Waals surface area (Å²) in [4.78, 5) is 0. The zero-order valence-electron chi connectivity index (χ0n) is 4.01. The minimum absolute atomic E-state index is 0. The van der Waals surface area contributed by atoms with Crippen LogP contribution in [0.2, 0.25) is 0 Å². The Hall–Kier alpha value is 0.876. The summed E-state index contributed by atoms with van der Waals surface area (Å²) >= 11 is -7.00. The van der Waals surface area contributed by atoms with Crippen molar-refractivity contribution in [3.8, 4) is 0 Å². The predicted molar refractivity (Wildman–Crippen MR) is 12.7 cm³/mol. The largest absolute Gasteiger partial charge is 1.00 e. The van der Waals surface area contributed by atoms with Gasteiger partial charge in [-0.1, -0.05) is 0 Å². The van der Waals surface area contributed by atoms with Crippen molar-refractivity contribution >= 4 is 15.4 Å². The van der Waals surface area contributed by atoms with Gasteiger partial charge in [-0.15, -0.1) is 0 Å². The van der Waals surface area contributed by atoms with Crippen molar-refractivity contribution < 1.29 is 34.2 Å². The summed E-state index contributed by atoms with van der Waals surface area (Å²) in [5.41, 5.74) is 0. The molecule has 0 aromatic heterocycles. The zero-order valence-corrected chi connectivity index (χ0v) is 5.11. The molecule has 0 bridgehead atoms. The topological polar surface area (TPSA) is 0 Å². The van der Waals surface area contributed by atoms with Crippen LogP contribution in [0.1, 0.15) is 1.43 Å². The first-order valence-corrected chi connectivity index (χ1v) is 3.93. The molecule has 0 nitrogen and oxygen atoms in total. The Balaban J connectivity index is -0.0000000800. The molecule has 0 aliphatic heterocycles. The Morgan fingerprint density at radius 3 is 1.00 bits per heavy atom. The van der Waals surface area contributed by atoms with Gasteiger partial charge in [0.1, 0.15) is 0 Å². The number of hydrogen-bond acceptors (Lipinski definition) is 0. The van der Waals surface area contributed by atoms with Gasteiger partial charge in [0.2, 0.25) is 0 Å². The fraction of sp³-hybridized carbons (Fsp3) is 0. The van der Waals surface area contributed by atoms with Crippen LogP contribution in [0.3, 0.4) is 0 Å². The second-order valence-corrected chi connectivity index (χ2v) is 2.23. The molecule has 0 aromatic rings. The van der Waals surface area contributed by atoms with Gasteiger partial charge in [0.05, 0.1) is 0 Å². The van der Waals surface area contributed by atoms with Crippen LogP contribution in [0.25, 0.3) is 0 Å². The number of rotatable bonds is 0. The van der Waals surface area contributed by atoms with Crippen LogP contribution in [-0.4, -0.2) is 15.4 Å². The van der Waals surface area contributed by atoms with Crippen LogP contribution in [0.15, 0.2) is 0 Å². The molecular formula is H2AsF4Li. The van der Waals surface area contributed by atoms with E-state index in [2.05, 4.69) is 0 Å². The van der Waals surface area contributed by atoms with E-state index in [9.17, 15) is 13.9 Å². The van der Waals surface area contributed by atoms with Gasteiger partial charge in [-0.05, 0) is 0 Å². The van der Waals surface area contributed by atoms with E-state index in [1.807, 2.05) is 0 Å². The molecule has 0 radical (unpaired) electrons. The van der Waals surface area contributed by atoms with Gasteiger partial charge < -0.3 is 1.43 Å². The second kappa shape index (κ2) is 2.95. The van der Waals surface area contributed by atoms with Gasteiger partial charge in [-0.3, -0.25) is 0 Å². The maximum atomic E-state index is 9.88. The first kappa shape index (κ1) is 9.99. The monoisotopic (exact) mass is 160 g/mol. The molecule has 0 rings (SSSR count). The summed E-state index contributed by atoms with van der Waals surface area (Å²) in [5.74, 6) is 0. The van der Waals surface area contributed by atoms with E-state index < -0.39 is 15.4 Å². The molecule has 0 aliphatic carbocycles. The molecule has 0 fully saturated rings. The van der Waals surface area contributed by atoms with E-state index in [4.69, 9.17) is 0 Å². The zero-order chi connectivity index (χ0) is 4.50. The maximum Gasteiger partial charge on any atom is 1.00 e. The van der Waals surface area contributed by atoms with Crippen LogP contribution in [0.5, 0.6) is 0 Å². The van der Waals surface area contributed by atoms with Crippen LogP contribution in [0.4, 0.5) is 13.9 Å². The van der Waals surface area contributed by atoms with Crippen molar-refractivity contribution in [1.29, 1.82) is 0 Å². The molecule has 36 valence electrons. The summed E-state index contributed by atoms with van der Waals surface area (Å²) in [6.07, 6.45) is 0. The Morgan fingerprint density at radius 1 is 1.00 bits per heavy atom. The standard InChI is InChI=1S/AsF4H.Li.H/c2-1(3,4)5;;/h1H;;/q;+1;-1. The minimum Gasteiger partial charge on any atom is -1.00 e. The van der Waals surface area contributed by atoms with Crippen LogP contribution in [0, 0.1) is 0 Å². The van der Waals surface area contributed by atoms with Gasteiger partial charge in [-0.25, -0.2) is 0 Å². The van der Waals surface area contributed by atoms with Gasteiger partial charge in [0.25, 0.3) is 0 Å². The fourth-order valence-electron chi connectivity index (χ4n) is 0. The van der Waals surface area contributed by atoms with Crippen molar-refractivity contribution in [3.05, 3.63) is 0 Å². The third kappa shape index (κ3) is 95.5. The Morgan fingerprint density at radius 2 is 1.00 bits per heavy atom. The maximum absolute atomic E-state index is 9.88. The van der Waals surface area contributed by atoms with E-state index in [0.717, 1.165) is 0 Å². The molecule has 6 heavy (non-hydrogen) atoms. The van der Waals surface area contributed by atoms with Crippen molar-refractivity contribution in [3.63, 3.8) is 0 Å². The van der Waals surface area contributed by atoms with Crippen LogP contribution >= 0.6 is 0 Å². The molecule has 0 N–H and O–H groups in total. The molecule has 0 spiro atoms. The smallest absolute Gasteiger partial charge is 1.00 e. The average molecular weight is 160 g/mol. The summed E-state index contributed by atoms with van der Waals surface area (Å²) in [7, 11) is 0. The summed E-state index contributed by atoms with van der Waals surface area (Å²) in [6, 6.07) is 0. The Kier molecular flexibility index (Phi) is 4.92. The molecule has 0 aliphatic rings. The van der Waals surface area contributed by atoms with E-state index in [0.29, 0.717) is 0 Å². The summed E-state index contributed by atoms with van der Waals surface area (Å²) < 4.78 is 39.5. The second-order valence-electron chi connectivity index (χ2n) is 0.429. The number of halogens is 4. The van der Waals surface area contributed by atoms with Gasteiger partial charge >= 0.3 is 48.2 Å². The predicted octanol–water partition coefficient (Wildman–Crippen LogP) is -1.85.